The van der Waals surface area contributed by atoms with E-state index in [0.717, 1.165) is 25.8 Å². The van der Waals surface area contributed by atoms with Crippen molar-refractivity contribution in [3.63, 3.8) is 0 Å². The monoisotopic (exact) mass is 333 g/mol. The van der Waals surface area contributed by atoms with Crippen LogP contribution in [0.4, 0.5) is 0 Å². The third kappa shape index (κ3) is 4.94. The SMILES string of the molecule is CCCC(=O)NC[C@@H]1CCCN(C(=O)c2cccnc2OCC)C1. The highest BCUT2D eigenvalue weighted by molar-refractivity contribution is 5.96. The summed E-state index contributed by atoms with van der Waals surface area (Å²) in [6, 6.07) is 3.51. The Hall–Kier alpha value is -2.11. The molecular weight excluding hydrogens is 306 g/mol. The number of hydrogen-bond acceptors (Lipinski definition) is 4. The van der Waals surface area contributed by atoms with Gasteiger partial charge in [-0.15, -0.1) is 0 Å². The van der Waals surface area contributed by atoms with E-state index in [2.05, 4.69) is 10.3 Å². The first-order valence-corrected chi connectivity index (χ1v) is 8.79. The lowest BCUT2D eigenvalue weighted by molar-refractivity contribution is -0.121. The number of ether oxygens (including phenoxy) is 1. The summed E-state index contributed by atoms with van der Waals surface area (Å²) in [5.41, 5.74) is 0.509. The van der Waals surface area contributed by atoms with Gasteiger partial charge in [0.1, 0.15) is 5.56 Å². The van der Waals surface area contributed by atoms with Crippen molar-refractivity contribution in [3.05, 3.63) is 23.9 Å². The average Bonchev–Trinajstić information content (AvgIpc) is 2.61. The van der Waals surface area contributed by atoms with Gasteiger partial charge in [-0.2, -0.15) is 0 Å². The molecule has 1 aromatic heterocycles. The highest BCUT2D eigenvalue weighted by Crippen LogP contribution is 2.22. The molecule has 132 valence electrons. The average molecular weight is 333 g/mol. The Balaban J connectivity index is 1.96. The van der Waals surface area contributed by atoms with E-state index in [1.54, 1.807) is 18.3 Å². The van der Waals surface area contributed by atoms with E-state index in [-0.39, 0.29) is 11.8 Å². The maximum atomic E-state index is 12.8. The quantitative estimate of drug-likeness (QED) is 0.831. The zero-order valence-electron chi connectivity index (χ0n) is 14.6. The van der Waals surface area contributed by atoms with Crippen LogP contribution in [-0.4, -0.2) is 47.9 Å². The summed E-state index contributed by atoms with van der Waals surface area (Å²) in [6.07, 6.45) is 5.01. The summed E-state index contributed by atoms with van der Waals surface area (Å²) in [5, 5.41) is 2.97. The minimum Gasteiger partial charge on any atom is -0.477 e. The number of carbonyl (C=O) groups is 2. The van der Waals surface area contributed by atoms with E-state index in [9.17, 15) is 9.59 Å². The number of pyridine rings is 1. The molecule has 24 heavy (non-hydrogen) atoms. The van der Waals surface area contributed by atoms with E-state index in [4.69, 9.17) is 4.74 Å². The number of likely N-dealkylation sites (tertiary alicyclic amines) is 1. The van der Waals surface area contributed by atoms with Gasteiger partial charge in [0.25, 0.3) is 5.91 Å². The number of nitrogens with one attached hydrogen (secondary N) is 1. The van der Waals surface area contributed by atoms with Gasteiger partial charge >= 0.3 is 0 Å². The van der Waals surface area contributed by atoms with Gasteiger partial charge in [0.05, 0.1) is 6.61 Å². The number of rotatable bonds is 7. The molecule has 0 aliphatic carbocycles. The lowest BCUT2D eigenvalue weighted by Gasteiger charge is -2.33. The summed E-state index contributed by atoms with van der Waals surface area (Å²) < 4.78 is 5.47. The Labute approximate surface area is 143 Å². The molecule has 1 saturated heterocycles. The number of amides is 2. The predicted molar refractivity (Wildman–Crippen MR) is 92.0 cm³/mol. The Morgan fingerprint density at radius 1 is 1.42 bits per heavy atom. The van der Waals surface area contributed by atoms with Crippen molar-refractivity contribution in [2.45, 2.75) is 39.5 Å². The molecule has 1 aromatic rings. The molecule has 0 saturated carbocycles. The topological polar surface area (TPSA) is 71.5 Å². The van der Waals surface area contributed by atoms with E-state index < -0.39 is 0 Å². The van der Waals surface area contributed by atoms with Gasteiger partial charge in [0, 0.05) is 32.3 Å². The number of piperidine rings is 1. The molecule has 0 bridgehead atoms. The Bertz CT molecular complexity index is 562. The van der Waals surface area contributed by atoms with Gasteiger partial charge in [0.15, 0.2) is 0 Å². The van der Waals surface area contributed by atoms with Crippen molar-refractivity contribution >= 4 is 11.8 Å². The van der Waals surface area contributed by atoms with Gasteiger partial charge < -0.3 is 15.0 Å². The minimum atomic E-state index is -0.0452. The summed E-state index contributed by atoms with van der Waals surface area (Å²) in [5.74, 6) is 0.738. The van der Waals surface area contributed by atoms with Crippen molar-refractivity contribution in [2.75, 3.05) is 26.2 Å². The lowest BCUT2D eigenvalue weighted by atomic mass is 9.97. The molecule has 2 amide bonds. The molecule has 0 unspecified atom stereocenters. The molecule has 2 heterocycles. The first-order valence-electron chi connectivity index (χ1n) is 8.79. The fourth-order valence-electron chi connectivity index (χ4n) is 2.97. The van der Waals surface area contributed by atoms with E-state index >= 15 is 0 Å². The predicted octanol–water partition coefficient (Wildman–Crippen LogP) is 2.25. The molecule has 1 aliphatic heterocycles. The molecule has 6 heteroatoms. The highest BCUT2D eigenvalue weighted by Gasteiger charge is 2.26. The summed E-state index contributed by atoms with van der Waals surface area (Å²) >= 11 is 0. The molecule has 0 spiro atoms. The molecule has 1 aliphatic rings. The molecule has 0 aromatic carbocycles. The lowest BCUT2D eigenvalue weighted by Crippen LogP contribution is -2.43. The van der Waals surface area contributed by atoms with Crippen molar-refractivity contribution < 1.29 is 14.3 Å². The smallest absolute Gasteiger partial charge is 0.259 e. The summed E-state index contributed by atoms with van der Waals surface area (Å²) in [7, 11) is 0. The van der Waals surface area contributed by atoms with Gasteiger partial charge in [-0.1, -0.05) is 6.92 Å². The molecule has 1 fully saturated rings. The minimum absolute atomic E-state index is 0.0452. The second-order valence-electron chi connectivity index (χ2n) is 6.10. The van der Waals surface area contributed by atoms with Crippen LogP contribution >= 0.6 is 0 Å². The van der Waals surface area contributed by atoms with Crippen molar-refractivity contribution in [3.8, 4) is 5.88 Å². The van der Waals surface area contributed by atoms with Crippen LogP contribution in [-0.2, 0) is 4.79 Å². The Morgan fingerprint density at radius 3 is 3.00 bits per heavy atom. The second kappa shape index (κ2) is 9.25. The highest BCUT2D eigenvalue weighted by atomic mass is 16.5. The second-order valence-corrected chi connectivity index (χ2v) is 6.10. The van der Waals surface area contributed by atoms with Crippen molar-refractivity contribution in [1.29, 1.82) is 0 Å². The Morgan fingerprint density at radius 2 is 2.25 bits per heavy atom. The van der Waals surface area contributed by atoms with Gasteiger partial charge in [-0.3, -0.25) is 9.59 Å². The zero-order valence-corrected chi connectivity index (χ0v) is 14.6. The largest absolute Gasteiger partial charge is 0.477 e. The molecule has 0 radical (unpaired) electrons. The standard InChI is InChI=1S/C18H27N3O3/c1-3-7-16(22)20-12-14-8-6-11-21(13-14)18(23)15-9-5-10-19-17(15)24-4-2/h5,9-10,14H,3-4,6-8,11-13H2,1-2H3,(H,20,22)/t14-/m0/s1. The fraction of sp³-hybridized carbons (Fsp3) is 0.611. The van der Waals surface area contributed by atoms with Gasteiger partial charge in [-0.05, 0) is 44.2 Å². The van der Waals surface area contributed by atoms with Gasteiger partial charge in [-0.25, -0.2) is 4.98 Å². The third-order valence-corrected chi connectivity index (χ3v) is 4.15. The normalized spacial score (nSPS) is 17.4. The van der Waals surface area contributed by atoms with Crippen molar-refractivity contribution in [2.24, 2.45) is 5.92 Å². The van der Waals surface area contributed by atoms with E-state index in [1.807, 2.05) is 18.7 Å². The van der Waals surface area contributed by atoms with Crippen LogP contribution in [0.3, 0.4) is 0 Å². The Kier molecular flexibility index (Phi) is 7.03. The van der Waals surface area contributed by atoms with E-state index in [0.29, 0.717) is 43.5 Å². The van der Waals surface area contributed by atoms with E-state index in [1.165, 1.54) is 0 Å². The summed E-state index contributed by atoms with van der Waals surface area (Å²) in [6.45, 7) is 6.37. The number of carbonyl (C=O) groups excluding carboxylic acids is 2. The number of aromatic nitrogens is 1. The molecule has 6 nitrogen and oxygen atoms in total. The van der Waals surface area contributed by atoms with Crippen molar-refractivity contribution in [1.82, 2.24) is 15.2 Å². The number of hydrogen-bond donors (Lipinski definition) is 1. The van der Waals surface area contributed by atoms with Gasteiger partial charge in [0.2, 0.25) is 11.8 Å². The maximum absolute atomic E-state index is 12.8. The molecule has 2 rings (SSSR count). The summed E-state index contributed by atoms with van der Waals surface area (Å²) in [4.78, 5) is 30.4. The van der Waals surface area contributed by atoms with Crippen LogP contribution in [0.2, 0.25) is 0 Å². The fourth-order valence-corrected chi connectivity index (χ4v) is 2.97. The van der Waals surface area contributed by atoms with Crippen LogP contribution in [0.1, 0.15) is 49.9 Å². The zero-order chi connectivity index (χ0) is 17.4. The van der Waals surface area contributed by atoms with Crippen LogP contribution in [0.25, 0.3) is 0 Å². The van der Waals surface area contributed by atoms with Crippen LogP contribution in [0.15, 0.2) is 18.3 Å². The third-order valence-electron chi connectivity index (χ3n) is 4.15. The maximum Gasteiger partial charge on any atom is 0.259 e. The van der Waals surface area contributed by atoms with Crippen LogP contribution in [0, 0.1) is 5.92 Å². The van der Waals surface area contributed by atoms with Crippen LogP contribution < -0.4 is 10.1 Å². The molecule has 1 atom stereocenters. The number of nitrogens with zero attached hydrogens (tertiary/aromatic N) is 2. The first-order chi connectivity index (χ1) is 11.7. The first kappa shape index (κ1) is 18.2. The van der Waals surface area contributed by atoms with Crippen LogP contribution in [0.5, 0.6) is 5.88 Å². The molecular formula is C18H27N3O3. The molecule has 1 N–H and O–H groups in total.